The molecular weight excluding hydrogens is 500 g/mol. The molecule has 0 aliphatic heterocycles. The highest BCUT2D eigenvalue weighted by atomic mass is 16.3. The Morgan fingerprint density at radius 2 is 0.951 bits per heavy atom. The predicted octanol–water partition coefficient (Wildman–Crippen LogP) is 10.2. The van der Waals surface area contributed by atoms with Gasteiger partial charge in [-0.25, -0.2) is 0 Å². The van der Waals surface area contributed by atoms with Crippen molar-refractivity contribution in [3.05, 3.63) is 117 Å². The van der Waals surface area contributed by atoms with Crippen molar-refractivity contribution < 1.29 is 10.2 Å². The van der Waals surface area contributed by atoms with Crippen LogP contribution in [0.25, 0.3) is 11.1 Å². The van der Waals surface area contributed by atoms with Crippen LogP contribution >= 0.6 is 0 Å². The van der Waals surface area contributed by atoms with Gasteiger partial charge in [0.15, 0.2) is 0 Å². The van der Waals surface area contributed by atoms with Crippen molar-refractivity contribution >= 4 is 0 Å². The molecule has 0 saturated carbocycles. The quantitative estimate of drug-likeness (QED) is 0.203. The summed E-state index contributed by atoms with van der Waals surface area (Å²) < 4.78 is 0. The first-order valence-electron chi connectivity index (χ1n) is 15.3. The molecular formula is C39H46O2. The van der Waals surface area contributed by atoms with Crippen molar-refractivity contribution in [2.75, 3.05) is 0 Å². The molecule has 0 bridgehead atoms. The summed E-state index contributed by atoms with van der Waals surface area (Å²) >= 11 is 0. The number of phenolic OH excluding ortho intramolecular Hbond substituents is 2. The molecule has 2 nitrogen and oxygen atoms in total. The second-order valence-corrected chi connectivity index (χ2v) is 13.5. The lowest BCUT2D eigenvalue weighted by molar-refractivity contribution is 0.413. The average Bonchev–Trinajstić information content (AvgIpc) is 3.22. The van der Waals surface area contributed by atoms with Crippen molar-refractivity contribution in [1.82, 2.24) is 0 Å². The minimum atomic E-state index is -0.599. The van der Waals surface area contributed by atoms with Gasteiger partial charge < -0.3 is 10.2 Å². The normalized spacial score (nSPS) is 14.1. The van der Waals surface area contributed by atoms with Crippen LogP contribution in [0.5, 0.6) is 11.5 Å². The third-order valence-electron chi connectivity index (χ3n) is 9.63. The largest absolute Gasteiger partial charge is 0.507 e. The van der Waals surface area contributed by atoms with Crippen LogP contribution in [0.2, 0.25) is 0 Å². The van der Waals surface area contributed by atoms with E-state index >= 15 is 0 Å². The smallest absolute Gasteiger partial charge is 0.122 e. The molecule has 0 unspecified atom stereocenters. The summed E-state index contributed by atoms with van der Waals surface area (Å²) in [5.41, 5.74) is 10.1. The van der Waals surface area contributed by atoms with Gasteiger partial charge in [-0.1, -0.05) is 115 Å². The van der Waals surface area contributed by atoms with Crippen LogP contribution in [-0.2, 0) is 16.2 Å². The highest BCUT2D eigenvalue weighted by Gasteiger charge is 2.47. The first-order chi connectivity index (χ1) is 19.4. The van der Waals surface area contributed by atoms with E-state index in [0.717, 1.165) is 59.1 Å². The van der Waals surface area contributed by atoms with Gasteiger partial charge in [-0.15, -0.1) is 0 Å². The zero-order valence-corrected chi connectivity index (χ0v) is 26.2. The van der Waals surface area contributed by atoms with Gasteiger partial charge in [0.05, 0.1) is 5.41 Å². The Kier molecular flexibility index (Phi) is 7.35. The van der Waals surface area contributed by atoms with E-state index < -0.39 is 5.41 Å². The topological polar surface area (TPSA) is 40.5 Å². The third-order valence-corrected chi connectivity index (χ3v) is 9.63. The molecule has 0 heterocycles. The summed E-state index contributed by atoms with van der Waals surface area (Å²) in [7, 11) is 0. The van der Waals surface area contributed by atoms with Crippen molar-refractivity contribution in [3.63, 3.8) is 0 Å². The number of benzene rings is 4. The first kappa shape index (κ1) is 29.0. The number of rotatable bonds is 8. The van der Waals surface area contributed by atoms with E-state index in [-0.39, 0.29) is 10.8 Å². The maximum absolute atomic E-state index is 11.4. The standard InChI is InChI=1S/C39H46O2/c1-9-19-37(5,6)33-23-27(21-25(3)35(33)40)39(28-22-26(4)36(41)34(24-28)38(7,8)20-10-2)31-17-13-11-15-29(31)30-16-12-14-18-32(30)39/h11-18,21-24,40-41H,9-10,19-20H2,1-8H3. The molecule has 0 atom stereocenters. The molecule has 4 aromatic carbocycles. The van der Waals surface area contributed by atoms with E-state index in [4.69, 9.17) is 0 Å². The summed E-state index contributed by atoms with van der Waals surface area (Å²) in [5, 5.41) is 22.9. The Morgan fingerprint density at radius 3 is 1.32 bits per heavy atom. The highest BCUT2D eigenvalue weighted by Crippen LogP contribution is 2.58. The maximum atomic E-state index is 11.4. The van der Waals surface area contributed by atoms with Gasteiger partial charge >= 0.3 is 0 Å². The van der Waals surface area contributed by atoms with E-state index in [0.29, 0.717) is 11.5 Å². The van der Waals surface area contributed by atoms with Crippen LogP contribution in [0.15, 0.2) is 72.8 Å². The van der Waals surface area contributed by atoms with Crippen LogP contribution in [0.1, 0.15) is 112 Å². The zero-order valence-electron chi connectivity index (χ0n) is 26.2. The second kappa shape index (κ2) is 10.4. The third kappa shape index (κ3) is 4.47. The van der Waals surface area contributed by atoms with Gasteiger partial charge in [0, 0.05) is 11.1 Å². The van der Waals surface area contributed by atoms with Crippen LogP contribution in [0, 0.1) is 13.8 Å². The lowest BCUT2D eigenvalue weighted by Crippen LogP contribution is -2.31. The molecule has 1 aliphatic rings. The van der Waals surface area contributed by atoms with E-state index in [1.165, 1.54) is 22.3 Å². The van der Waals surface area contributed by atoms with Crippen LogP contribution in [0.4, 0.5) is 0 Å². The lowest BCUT2D eigenvalue weighted by Gasteiger charge is -2.38. The van der Waals surface area contributed by atoms with Gasteiger partial charge in [0.2, 0.25) is 0 Å². The van der Waals surface area contributed by atoms with Gasteiger partial charge in [0.25, 0.3) is 0 Å². The molecule has 0 radical (unpaired) electrons. The Balaban J connectivity index is 1.96. The zero-order chi connectivity index (χ0) is 29.7. The molecule has 214 valence electrons. The minimum absolute atomic E-state index is 0.183. The number of hydrogen-bond donors (Lipinski definition) is 2. The van der Waals surface area contributed by atoms with Gasteiger partial charge in [-0.05, 0) is 94.2 Å². The second-order valence-electron chi connectivity index (χ2n) is 13.5. The molecule has 1 aliphatic carbocycles. The van der Waals surface area contributed by atoms with Crippen LogP contribution in [0.3, 0.4) is 0 Å². The SMILES string of the molecule is CCCC(C)(C)c1cc(C2(c3cc(C)c(O)c(C(C)(C)CCC)c3)c3ccccc3-c3ccccc32)cc(C)c1O. The highest BCUT2D eigenvalue weighted by molar-refractivity contribution is 5.86. The Hall–Kier alpha value is -3.52. The van der Waals surface area contributed by atoms with Crippen molar-refractivity contribution in [1.29, 1.82) is 0 Å². The van der Waals surface area contributed by atoms with Crippen molar-refractivity contribution in [3.8, 4) is 22.6 Å². The molecule has 2 heteroatoms. The number of aromatic hydroxyl groups is 2. The summed E-state index contributed by atoms with van der Waals surface area (Å²) in [6.45, 7) is 17.5. The number of fused-ring (bicyclic) bond motifs is 3. The van der Waals surface area contributed by atoms with Crippen LogP contribution in [-0.4, -0.2) is 10.2 Å². The minimum Gasteiger partial charge on any atom is -0.507 e. The Morgan fingerprint density at radius 1 is 0.585 bits per heavy atom. The molecule has 0 aromatic heterocycles. The fourth-order valence-corrected chi connectivity index (χ4v) is 7.57. The molecule has 0 saturated heterocycles. The molecule has 4 aromatic rings. The fourth-order valence-electron chi connectivity index (χ4n) is 7.57. The lowest BCUT2D eigenvalue weighted by atomic mass is 9.64. The van der Waals surface area contributed by atoms with Gasteiger partial charge in [-0.2, -0.15) is 0 Å². The van der Waals surface area contributed by atoms with E-state index in [1.54, 1.807) is 0 Å². The Labute approximate surface area is 247 Å². The molecule has 0 amide bonds. The molecule has 41 heavy (non-hydrogen) atoms. The summed E-state index contributed by atoms with van der Waals surface area (Å²) in [6.07, 6.45) is 4.05. The van der Waals surface area contributed by atoms with Crippen LogP contribution < -0.4 is 0 Å². The predicted molar refractivity (Wildman–Crippen MR) is 172 cm³/mol. The summed E-state index contributed by atoms with van der Waals surface area (Å²) in [6, 6.07) is 26.5. The first-order valence-corrected chi connectivity index (χ1v) is 15.3. The molecule has 2 N–H and O–H groups in total. The van der Waals surface area contributed by atoms with Crippen molar-refractivity contribution in [2.24, 2.45) is 0 Å². The van der Waals surface area contributed by atoms with E-state index in [1.807, 2.05) is 13.8 Å². The maximum Gasteiger partial charge on any atom is 0.122 e. The summed E-state index contributed by atoms with van der Waals surface area (Å²) in [5.74, 6) is 0.794. The Bertz CT molecular complexity index is 1480. The fraction of sp³-hybridized carbons (Fsp3) is 0.385. The number of aryl methyl sites for hydroxylation is 2. The van der Waals surface area contributed by atoms with Gasteiger partial charge in [0.1, 0.15) is 11.5 Å². The molecule has 5 rings (SSSR count). The summed E-state index contributed by atoms with van der Waals surface area (Å²) in [4.78, 5) is 0. The average molecular weight is 547 g/mol. The van der Waals surface area contributed by atoms with E-state index in [2.05, 4.69) is 114 Å². The number of hydrogen-bond acceptors (Lipinski definition) is 2. The molecule has 0 spiro atoms. The monoisotopic (exact) mass is 546 g/mol. The van der Waals surface area contributed by atoms with Gasteiger partial charge in [-0.3, -0.25) is 0 Å². The van der Waals surface area contributed by atoms with Crippen molar-refractivity contribution in [2.45, 2.75) is 97.3 Å². The molecule has 0 fully saturated rings. The van der Waals surface area contributed by atoms with E-state index in [9.17, 15) is 10.2 Å². The number of phenols is 2.